The molecule has 0 bridgehead atoms. The van der Waals surface area contributed by atoms with Gasteiger partial charge in [0.15, 0.2) is 0 Å². The zero-order valence-electron chi connectivity index (χ0n) is 17.2. The number of likely N-dealkylation sites (N-methyl/N-ethyl adjacent to an activating group) is 1. The molecule has 1 aromatic carbocycles. The van der Waals surface area contributed by atoms with Crippen LogP contribution in [0.5, 0.6) is 0 Å². The molecule has 27 heavy (non-hydrogen) atoms. The van der Waals surface area contributed by atoms with Gasteiger partial charge in [-0.2, -0.15) is 0 Å². The van der Waals surface area contributed by atoms with Crippen molar-refractivity contribution in [3.63, 3.8) is 0 Å². The van der Waals surface area contributed by atoms with Crippen molar-refractivity contribution in [2.75, 3.05) is 13.1 Å². The molecule has 5 heteroatoms. The van der Waals surface area contributed by atoms with Crippen molar-refractivity contribution in [3.8, 4) is 0 Å². The molecule has 4 unspecified atom stereocenters. The van der Waals surface area contributed by atoms with E-state index in [-0.39, 0.29) is 30.3 Å². The SMILES string of the molecule is CCN(C(=O)CNC(=O)[C@H](C)N)C(C1CCC(C)C1)C(C)c1ccccc1. The summed E-state index contributed by atoms with van der Waals surface area (Å²) in [6, 6.07) is 9.96. The highest BCUT2D eigenvalue weighted by molar-refractivity contribution is 5.87. The van der Waals surface area contributed by atoms with Crippen LogP contribution in [0.4, 0.5) is 0 Å². The number of nitrogens with two attached hydrogens (primary N) is 1. The van der Waals surface area contributed by atoms with Crippen molar-refractivity contribution in [2.24, 2.45) is 17.6 Å². The molecule has 1 aromatic rings. The Hall–Kier alpha value is -1.88. The number of benzene rings is 1. The Morgan fingerprint density at radius 2 is 1.89 bits per heavy atom. The standard InChI is InChI=1S/C22H35N3O2/c1-5-25(20(26)14-24-22(27)17(4)23)21(19-12-11-15(2)13-19)16(3)18-9-7-6-8-10-18/h6-10,15-17,19,21H,5,11-14,23H2,1-4H3,(H,24,27)/t15?,16?,17-,19?,21?/m0/s1. The van der Waals surface area contributed by atoms with Crippen LogP contribution in [-0.2, 0) is 9.59 Å². The van der Waals surface area contributed by atoms with E-state index >= 15 is 0 Å². The first-order valence-corrected chi connectivity index (χ1v) is 10.2. The number of rotatable bonds is 8. The molecule has 0 aromatic heterocycles. The summed E-state index contributed by atoms with van der Waals surface area (Å²) in [5.74, 6) is 1.12. The van der Waals surface area contributed by atoms with Gasteiger partial charge >= 0.3 is 0 Å². The van der Waals surface area contributed by atoms with Crippen molar-refractivity contribution in [1.29, 1.82) is 0 Å². The van der Waals surface area contributed by atoms with Crippen molar-refractivity contribution in [1.82, 2.24) is 10.2 Å². The molecule has 0 aliphatic heterocycles. The molecule has 1 saturated carbocycles. The summed E-state index contributed by atoms with van der Waals surface area (Å²) in [6.07, 6.45) is 3.52. The van der Waals surface area contributed by atoms with Crippen molar-refractivity contribution < 1.29 is 9.59 Å². The summed E-state index contributed by atoms with van der Waals surface area (Å²) < 4.78 is 0. The van der Waals surface area contributed by atoms with Gasteiger partial charge in [0.05, 0.1) is 12.6 Å². The summed E-state index contributed by atoms with van der Waals surface area (Å²) >= 11 is 0. The zero-order chi connectivity index (χ0) is 20.0. The molecule has 1 aliphatic carbocycles. The van der Waals surface area contributed by atoms with E-state index in [9.17, 15) is 9.59 Å². The minimum atomic E-state index is -0.609. The fourth-order valence-corrected chi connectivity index (χ4v) is 4.43. The highest BCUT2D eigenvalue weighted by Crippen LogP contribution is 2.40. The van der Waals surface area contributed by atoms with Gasteiger partial charge < -0.3 is 16.0 Å². The molecule has 5 atom stereocenters. The number of nitrogens with zero attached hydrogens (tertiary/aromatic N) is 1. The molecule has 3 N–H and O–H groups in total. The summed E-state index contributed by atoms with van der Waals surface area (Å²) in [4.78, 5) is 26.7. The van der Waals surface area contributed by atoms with Crippen molar-refractivity contribution in [2.45, 2.75) is 65.0 Å². The fraction of sp³-hybridized carbons (Fsp3) is 0.636. The Bertz CT molecular complexity index is 617. The van der Waals surface area contributed by atoms with Gasteiger partial charge in [-0.3, -0.25) is 9.59 Å². The second-order valence-electron chi connectivity index (χ2n) is 8.05. The summed E-state index contributed by atoms with van der Waals surface area (Å²) in [7, 11) is 0. The van der Waals surface area contributed by atoms with Crippen molar-refractivity contribution >= 4 is 11.8 Å². The average Bonchev–Trinajstić information content (AvgIpc) is 3.09. The molecule has 2 rings (SSSR count). The second-order valence-corrected chi connectivity index (χ2v) is 8.05. The quantitative estimate of drug-likeness (QED) is 0.736. The smallest absolute Gasteiger partial charge is 0.242 e. The molecule has 2 amide bonds. The Labute approximate surface area is 163 Å². The molecule has 5 nitrogen and oxygen atoms in total. The molecule has 0 saturated heterocycles. The number of hydrogen-bond donors (Lipinski definition) is 2. The molecule has 0 spiro atoms. The minimum absolute atomic E-state index is 0.00843. The number of hydrogen-bond acceptors (Lipinski definition) is 3. The molecular formula is C22H35N3O2. The first kappa shape index (κ1) is 21.4. The van der Waals surface area contributed by atoms with Crippen LogP contribution >= 0.6 is 0 Å². The van der Waals surface area contributed by atoms with Crippen LogP contribution in [-0.4, -0.2) is 41.9 Å². The lowest BCUT2D eigenvalue weighted by Gasteiger charge is -2.39. The van der Waals surface area contributed by atoms with Gasteiger partial charge in [0.1, 0.15) is 0 Å². The highest BCUT2D eigenvalue weighted by Gasteiger charge is 2.37. The van der Waals surface area contributed by atoms with E-state index in [4.69, 9.17) is 5.73 Å². The first-order valence-electron chi connectivity index (χ1n) is 10.2. The van der Waals surface area contributed by atoms with Gasteiger partial charge in [-0.05, 0) is 44.1 Å². The molecular weight excluding hydrogens is 338 g/mol. The van der Waals surface area contributed by atoms with Crippen LogP contribution in [0.2, 0.25) is 0 Å². The lowest BCUT2D eigenvalue weighted by molar-refractivity contribution is -0.136. The Balaban J connectivity index is 2.21. The van der Waals surface area contributed by atoms with Gasteiger partial charge in [-0.25, -0.2) is 0 Å². The molecule has 1 aliphatic rings. The molecule has 1 fully saturated rings. The van der Waals surface area contributed by atoms with Crippen LogP contribution in [0.15, 0.2) is 30.3 Å². The van der Waals surface area contributed by atoms with E-state index in [0.717, 1.165) is 12.8 Å². The van der Waals surface area contributed by atoms with Crippen molar-refractivity contribution in [3.05, 3.63) is 35.9 Å². The predicted octanol–water partition coefficient (Wildman–Crippen LogP) is 2.91. The Morgan fingerprint density at radius 1 is 1.22 bits per heavy atom. The van der Waals surface area contributed by atoms with Gasteiger partial charge in [-0.15, -0.1) is 0 Å². The lowest BCUT2D eigenvalue weighted by atomic mass is 9.82. The number of amides is 2. The third-order valence-electron chi connectivity index (χ3n) is 5.90. The second kappa shape index (κ2) is 9.88. The molecule has 0 heterocycles. The maximum Gasteiger partial charge on any atom is 0.242 e. The summed E-state index contributed by atoms with van der Waals surface area (Å²) in [5.41, 5.74) is 6.85. The maximum atomic E-state index is 13.0. The average molecular weight is 374 g/mol. The monoisotopic (exact) mass is 373 g/mol. The summed E-state index contributed by atoms with van der Waals surface area (Å²) in [6.45, 7) is 8.81. The van der Waals surface area contributed by atoms with Gasteiger partial charge in [-0.1, -0.05) is 50.6 Å². The number of nitrogens with one attached hydrogen (secondary N) is 1. The Kier molecular flexibility index (Phi) is 7.84. The van der Waals surface area contributed by atoms with Crippen LogP contribution in [0.25, 0.3) is 0 Å². The Morgan fingerprint density at radius 3 is 2.41 bits per heavy atom. The molecule has 150 valence electrons. The van der Waals surface area contributed by atoms with E-state index in [2.05, 4.69) is 43.4 Å². The molecule has 0 radical (unpaired) electrons. The van der Waals surface area contributed by atoms with Gasteiger partial charge in [0.25, 0.3) is 0 Å². The van der Waals surface area contributed by atoms with E-state index in [0.29, 0.717) is 18.4 Å². The van der Waals surface area contributed by atoms with Crippen LogP contribution in [0.1, 0.15) is 58.4 Å². The van der Waals surface area contributed by atoms with E-state index < -0.39 is 6.04 Å². The number of carbonyl (C=O) groups is 2. The minimum Gasteiger partial charge on any atom is -0.346 e. The third-order valence-corrected chi connectivity index (χ3v) is 5.90. The topological polar surface area (TPSA) is 75.4 Å². The lowest BCUT2D eigenvalue weighted by Crippen LogP contribution is -2.51. The van der Waals surface area contributed by atoms with Gasteiger partial charge in [0.2, 0.25) is 11.8 Å². The van der Waals surface area contributed by atoms with Gasteiger partial charge in [0, 0.05) is 18.5 Å². The van der Waals surface area contributed by atoms with Crippen LogP contribution in [0.3, 0.4) is 0 Å². The number of carbonyl (C=O) groups excluding carboxylic acids is 2. The normalized spacial score (nSPS) is 22.7. The highest BCUT2D eigenvalue weighted by atomic mass is 16.2. The van der Waals surface area contributed by atoms with Crippen LogP contribution < -0.4 is 11.1 Å². The summed E-state index contributed by atoms with van der Waals surface area (Å²) in [5, 5.41) is 2.67. The van der Waals surface area contributed by atoms with E-state index in [1.807, 2.05) is 17.9 Å². The van der Waals surface area contributed by atoms with E-state index in [1.54, 1.807) is 6.92 Å². The maximum absolute atomic E-state index is 13.0. The largest absolute Gasteiger partial charge is 0.346 e. The predicted molar refractivity (Wildman–Crippen MR) is 109 cm³/mol. The van der Waals surface area contributed by atoms with E-state index in [1.165, 1.54) is 12.0 Å². The van der Waals surface area contributed by atoms with Crippen LogP contribution in [0, 0.1) is 11.8 Å². The first-order chi connectivity index (χ1) is 12.8. The zero-order valence-corrected chi connectivity index (χ0v) is 17.2. The third kappa shape index (κ3) is 5.55. The fourth-order valence-electron chi connectivity index (χ4n) is 4.43.